The van der Waals surface area contributed by atoms with Crippen LogP contribution in [0.15, 0.2) is 28.8 Å². The summed E-state index contributed by atoms with van der Waals surface area (Å²) in [7, 11) is 0. The van der Waals surface area contributed by atoms with Gasteiger partial charge in [0.25, 0.3) is 5.91 Å². The molecule has 1 amide bonds. The van der Waals surface area contributed by atoms with Gasteiger partial charge in [-0.2, -0.15) is 0 Å². The molecule has 0 radical (unpaired) electrons. The number of nitrogens with two attached hydrogens (primary N) is 1. The van der Waals surface area contributed by atoms with Gasteiger partial charge >= 0.3 is 5.97 Å². The normalized spacial score (nSPS) is 13.7. The van der Waals surface area contributed by atoms with Crippen molar-refractivity contribution >= 4 is 29.1 Å². The van der Waals surface area contributed by atoms with Gasteiger partial charge in [-0.3, -0.25) is 4.79 Å². The number of rotatable bonds is 5. The Hall–Kier alpha value is -3.03. The molecule has 132 valence electrons. The van der Waals surface area contributed by atoms with Crippen LogP contribution in [-0.2, 0) is 9.53 Å². The lowest BCUT2D eigenvalue weighted by Crippen LogP contribution is -2.21. The fraction of sp³-hybridized carbons (Fsp3) is 0.353. The van der Waals surface area contributed by atoms with Crippen LogP contribution in [0.4, 0.5) is 17.3 Å². The van der Waals surface area contributed by atoms with Gasteiger partial charge in [0.05, 0.1) is 5.69 Å². The number of esters is 1. The van der Waals surface area contributed by atoms with E-state index in [1.807, 2.05) is 24.3 Å². The van der Waals surface area contributed by atoms with Crippen LogP contribution in [0.25, 0.3) is 0 Å². The van der Waals surface area contributed by atoms with E-state index >= 15 is 0 Å². The molecule has 0 spiro atoms. The first kappa shape index (κ1) is 16.8. The summed E-state index contributed by atoms with van der Waals surface area (Å²) in [6, 6.07) is 7.59. The molecule has 0 atom stereocenters. The largest absolute Gasteiger partial charge is 0.452 e. The number of amides is 1. The number of hydrogen-bond acceptors (Lipinski definition) is 7. The molecule has 1 aromatic heterocycles. The third kappa shape index (κ3) is 3.90. The summed E-state index contributed by atoms with van der Waals surface area (Å²) in [6.45, 7) is 3.27. The van der Waals surface area contributed by atoms with Crippen LogP contribution in [0.1, 0.15) is 28.9 Å². The van der Waals surface area contributed by atoms with Crippen molar-refractivity contribution in [1.29, 1.82) is 0 Å². The number of aromatic nitrogens is 1. The van der Waals surface area contributed by atoms with Gasteiger partial charge in [0.2, 0.25) is 5.88 Å². The minimum atomic E-state index is -0.740. The smallest absolute Gasteiger partial charge is 0.346 e. The predicted molar refractivity (Wildman–Crippen MR) is 92.5 cm³/mol. The maximum atomic E-state index is 11.9. The zero-order chi connectivity index (χ0) is 17.8. The second kappa shape index (κ2) is 7.25. The summed E-state index contributed by atoms with van der Waals surface area (Å²) in [5, 5.41) is 6.25. The topological polar surface area (TPSA) is 111 Å². The number of ether oxygens (including phenoxy) is 1. The van der Waals surface area contributed by atoms with Crippen molar-refractivity contribution in [2.75, 3.05) is 35.6 Å². The van der Waals surface area contributed by atoms with Crippen molar-refractivity contribution in [3.63, 3.8) is 0 Å². The molecule has 1 aromatic carbocycles. The molecule has 0 unspecified atom stereocenters. The maximum absolute atomic E-state index is 11.9. The van der Waals surface area contributed by atoms with Crippen LogP contribution in [0.2, 0.25) is 0 Å². The van der Waals surface area contributed by atoms with Crippen LogP contribution in [0.3, 0.4) is 0 Å². The number of nitrogens with zero attached hydrogens (tertiary/aromatic N) is 2. The number of nitrogen functional groups attached to an aromatic ring is 1. The molecule has 3 rings (SSSR count). The van der Waals surface area contributed by atoms with Gasteiger partial charge in [0.1, 0.15) is 5.56 Å². The summed E-state index contributed by atoms with van der Waals surface area (Å²) >= 11 is 0. The summed E-state index contributed by atoms with van der Waals surface area (Å²) in [4.78, 5) is 26.1. The monoisotopic (exact) mass is 344 g/mol. The Morgan fingerprint density at radius 3 is 2.56 bits per heavy atom. The first-order chi connectivity index (χ1) is 12.0. The summed E-state index contributed by atoms with van der Waals surface area (Å²) < 4.78 is 9.64. The van der Waals surface area contributed by atoms with E-state index in [2.05, 4.69) is 15.4 Å². The highest BCUT2D eigenvalue weighted by Gasteiger charge is 2.21. The average molecular weight is 344 g/mol. The number of carbonyl (C=O) groups is 2. The molecule has 1 aliphatic heterocycles. The first-order valence-electron chi connectivity index (χ1n) is 8.08. The van der Waals surface area contributed by atoms with E-state index < -0.39 is 18.5 Å². The van der Waals surface area contributed by atoms with Gasteiger partial charge in [0.15, 0.2) is 6.61 Å². The van der Waals surface area contributed by atoms with E-state index in [1.165, 1.54) is 12.8 Å². The Bertz CT molecular complexity index is 744. The minimum Gasteiger partial charge on any atom is -0.452 e. The van der Waals surface area contributed by atoms with Crippen molar-refractivity contribution in [2.24, 2.45) is 0 Å². The molecule has 2 heterocycles. The van der Waals surface area contributed by atoms with Gasteiger partial charge < -0.3 is 25.2 Å². The lowest BCUT2D eigenvalue weighted by atomic mass is 10.2. The molecule has 8 heteroatoms. The van der Waals surface area contributed by atoms with E-state index in [1.54, 1.807) is 6.92 Å². The van der Waals surface area contributed by atoms with E-state index in [4.69, 9.17) is 15.0 Å². The highest BCUT2D eigenvalue weighted by Crippen LogP contribution is 2.22. The van der Waals surface area contributed by atoms with E-state index in [9.17, 15) is 9.59 Å². The Kier molecular flexibility index (Phi) is 4.87. The molecule has 2 aromatic rings. The molecule has 0 aliphatic carbocycles. The van der Waals surface area contributed by atoms with Gasteiger partial charge in [-0.25, -0.2) is 4.79 Å². The summed E-state index contributed by atoms with van der Waals surface area (Å²) in [6.07, 6.45) is 2.42. The first-order valence-corrected chi connectivity index (χ1v) is 8.08. The van der Waals surface area contributed by atoms with Gasteiger partial charge in [-0.05, 0) is 44.0 Å². The maximum Gasteiger partial charge on any atom is 0.346 e. The zero-order valence-electron chi connectivity index (χ0n) is 13.9. The number of benzene rings is 1. The molecule has 1 fully saturated rings. The van der Waals surface area contributed by atoms with Crippen molar-refractivity contribution < 1.29 is 18.8 Å². The number of hydrogen-bond donors (Lipinski definition) is 2. The third-order valence-electron chi connectivity index (χ3n) is 4.05. The van der Waals surface area contributed by atoms with Gasteiger partial charge in [-0.15, -0.1) is 0 Å². The SMILES string of the molecule is Cc1noc(N)c1C(=O)OCC(=O)Nc1ccc(N2CCCC2)cc1. The molecule has 0 bridgehead atoms. The van der Waals surface area contributed by atoms with Crippen LogP contribution in [0, 0.1) is 6.92 Å². The number of aryl methyl sites for hydroxylation is 1. The van der Waals surface area contributed by atoms with Crippen molar-refractivity contribution in [3.05, 3.63) is 35.5 Å². The zero-order valence-corrected chi connectivity index (χ0v) is 13.9. The van der Waals surface area contributed by atoms with E-state index in [0.29, 0.717) is 11.4 Å². The Balaban J connectivity index is 1.51. The summed E-state index contributed by atoms with van der Waals surface area (Å²) in [5.41, 5.74) is 7.65. The van der Waals surface area contributed by atoms with E-state index in [0.717, 1.165) is 18.8 Å². The molecule has 1 saturated heterocycles. The van der Waals surface area contributed by atoms with Crippen molar-refractivity contribution in [3.8, 4) is 0 Å². The predicted octanol–water partition coefficient (Wildman–Crippen LogP) is 1.96. The molecular formula is C17H20N4O4. The van der Waals surface area contributed by atoms with Crippen LogP contribution >= 0.6 is 0 Å². The quantitative estimate of drug-likeness (QED) is 0.798. The second-order valence-electron chi connectivity index (χ2n) is 5.87. The third-order valence-corrected chi connectivity index (χ3v) is 4.05. The lowest BCUT2D eigenvalue weighted by molar-refractivity contribution is -0.119. The van der Waals surface area contributed by atoms with Crippen LogP contribution in [0.5, 0.6) is 0 Å². The fourth-order valence-electron chi connectivity index (χ4n) is 2.77. The summed E-state index contributed by atoms with van der Waals surface area (Å²) in [5.74, 6) is -1.30. The molecule has 8 nitrogen and oxygen atoms in total. The molecular weight excluding hydrogens is 324 g/mol. The fourth-order valence-corrected chi connectivity index (χ4v) is 2.77. The second-order valence-corrected chi connectivity index (χ2v) is 5.87. The highest BCUT2D eigenvalue weighted by molar-refractivity contribution is 5.98. The molecule has 25 heavy (non-hydrogen) atoms. The lowest BCUT2D eigenvalue weighted by Gasteiger charge is -2.17. The highest BCUT2D eigenvalue weighted by atomic mass is 16.5. The van der Waals surface area contributed by atoms with Crippen LogP contribution in [-0.4, -0.2) is 36.7 Å². The molecule has 3 N–H and O–H groups in total. The Morgan fingerprint density at radius 1 is 1.28 bits per heavy atom. The van der Waals surface area contributed by atoms with E-state index in [-0.39, 0.29) is 11.4 Å². The average Bonchev–Trinajstić information content (AvgIpc) is 3.24. The number of nitrogens with one attached hydrogen (secondary N) is 1. The molecule has 1 aliphatic rings. The van der Waals surface area contributed by atoms with Gasteiger partial charge in [0, 0.05) is 24.5 Å². The Morgan fingerprint density at radius 2 is 1.96 bits per heavy atom. The van der Waals surface area contributed by atoms with Crippen LogP contribution < -0.4 is 16.0 Å². The van der Waals surface area contributed by atoms with Crippen molar-refractivity contribution in [1.82, 2.24) is 5.16 Å². The van der Waals surface area contributed by atoms with Crippen molar-refractivity contribution in [2.45, 2.75) is 19.8 Å². The Labute approximate surface area is 144 Å². The number of carbonyl (C=O) groups excluding carboxylic acids is 2. The number of anilines is 3. The standard InChI is InChI=1S/C17H20N4O4/c1-11-15(16(18)25-20-11)17(23)24-10-14(22)19-12-4-6-13(7-5-12)21-8-2-3-9-21/h4-7H,2-3,8-10,18H2,1H3,(H,19,22). The van der Waals surface area contributed by atoms with Gasteiger partial charge in [-0.1, -0.05) is 5.16 Å². The molecule has 0 saturated carbocycles. The minimum absolute atomic E-state index is 0.0442.